The Labute approximate surface area is 573 Å². The minimum Gasteiger partial charge on any atom is -0.445 e. The van der Waals surface area contributed by atoms with E-state index < -0.39 is 119 Å². The summed E-state index contributed by atoms with van der Waals surface area (Å²) in [5.41, 5.74) is 16.3. The van der Waals surface area contributed by atoms with Crippen LogP contribution in [-0.4, -0.2) is 182 Å². The van der Waals surface area contributed by atoms with Crippen LogP contribution in [0.1, 0.15) is 148 Å². The number of alkyl carbamates (subject to hydrolysis) is 1. The van der Waals surface area contributed by atoms with Gasteiger partial charge in [-0.2, -0.15) is 0 Å². The van der Waals surface area contributed by atoms with Crippen molar-refractivity contribution in [2.75, 3.05) is 52.8 Å². The van der Waals surface area contributed by atoms with E-state index in [9.17, 15) is 52.7 Å². The second-order valence-corrected chi connectivity index (χ2v) is 26.4. The minimum absolute atomic E-state index is 0.00240. The first-order valence-electron chi connectivity index (χ1n) is 33.2. The number of nitrogens with one attached hydrogen (secondary N) is 9. The first kappa shape index (κ1) is 81.0. The van der Waals surface area contributed by atoms with Gasteiger partial charge in [-0.3, -0.25) is 38.4 Å². The molecule has 97 heavy (non-hydrogen) atoms. The largest absolute Gasteiger partial charge is 0.445 e. The highest BCUT2D eigenvalue weighted by atomic mass is 32.1. The average Bonchev–Trinajstić information content (AvgIpc) is 1.78. The summed E-state index contributed by atoms with van der Waals surface area (Å²) in [4.78, 5) is 155. The number of unbranched alkanes of at least 4 members (excludes halogenated alkanes) is 1. The number of methoxy groups -OCH3 is 2. The second kappa shape index (κ2) is 40.9. The van der Waals surface area contributed by atoms with Crippen LogP contribution < -0.4 is 65.1 Å². The summed E-state index contributed by atoms with van der Waals surface area (Å²) in [5, 5.41) is 26.9. The summed E-state index contributed by atoms with van der Waals surface area (Å²) in [5.74, 6) is -5.38. The number of anilines is 1. The average molecular weight is 1380 g/mol. The molecule has 0 aliphatic carbocycles. The van der Waals surface area contributed by atoms with Gasteiger partial charge >= 0.3 is 18.2 Å². The van der Waals surface area contributed by atoms with Crippen molar-refractivity contribution < 1.29 is 67.0 Å². The van der Waals surface area contributed by atoms with E-state index >= 15 is 0 Å². The topological polar surface area (TPSA) is 421 Å². The lowest BCUT2D eigenvalue weighted by atomic mass is 9.89. The van der Waals surface area contributed by atoms with Crippen LogP contribution in [0.5, 0.6) is 0 Å². The van der Waals surface area contributed by atoms with Gasteiger partial charge in [0.25, 0.3) is 0 Å². The molecule has 0 unspecified atom stereocenters. The van der Waals surface area contributed by atoms with Gasteiger partial charge in [0.2, 0.25) is 47.3 Å². The zero-order valence-electron chi connectivity index (χ0n) is 58.0. The Balaban J connectivity index is 1.40. The van der Waals surface area contributed by atoms with E-state index in [1.165, 1.54) is 56.3 Å². The molecule has 4 rings (SSSR count). The number of benzene rings is 2. The number of carbonyl (C=O) groups is 11. The van der Waals surface area contributed by atoms with Gasteiger partial charge in [0.15, 0.2) is 0 Å². The SMILES string of the molecule is CC[C@H](C)[C@@H]([C@@H](CC(=O)N1CCC[C@H]1[C@H](OC)[C@@H](C)C(=O)N[C@@H](Cc1ccccc1)c1nccs1)OC)N(C)C(=O)[C@@H](NC(=O)C(C)(C)NC(=O)OCc1ccc(NC(=O)[C@H](CCCNC(N)=O)NC(=O)[C@H](CCCNC(N)=O)NC(=O)[C@H](CCCCN)NC(C)=O)cc1)C(C)C. The Morgan fingerprint density at radius 3 is 1.88 bits per heavy atom. The molecule has 1 aromatic heterocycles. The van der Waals surface area contributed by atoms with E-state index in [0.717, 1.165) is 10.6 Å². The van der Waals surface area contributed by atoms with Gasteiger partial charge in [0, 0.05) is 65.1 Å². The Morgan fingerprint density at radius 2 is 1.34 bits per heavy atom. The first-order chi connectivity index (χ1) is 46.0. The maximum absolute atomic E-state index is 14.7. The summed E-state index contributed by atoms with van der Waals surface area (Å²) in [6.45, 7) is 14.1. The van der Waals surface area contributed by atoms with Crippen LogP contribution >= 0.6 is 11.3 Å². The van der Waals surface area contributed by atoms with Crippen molar-refractivity contribution in [2.45, 2.75) is 199 Å². The molecular weight excluding hydrogens is 1270 g/mol. The summed E-state index contributed by atoms with van der Waals surface area (Å²) >= 11 is 1.46. The van der Waals surface area contributed by atoms with Crippen LogP contribution in [0.15, 0.2) is 66.2 Å². The first-order valence-corrected chi connectivity index (χ1v) is 34.1. The standard InChI is InChI=1S/C67H105N15O14S/c1-12-41(4)55(52(94-10)38-53(84)82-35-20-26-51(82)56(95-11)42(5)57(85)78-50(61-71-34-36-97-61)37-44-21-14-13-15-22-44)81(9)62(89)54(40(2)3)79-63(90)67(7,8)80-66(93)96-39-45-27-29-46(30-28-45)75-58(86)48(24-18-32-72-64(69)91)76-60(88)49(25-19-33-73-65(70)92)77-59(87)47(74-43(6)83)23-16-17-31-68/h13-15,21-22,27-30,34,36,40-42,47-52,54-56H,12,16-20,23-26,31-33,35,37-39,68H2,1-11H3,(H,74,83)(H,75,86)(H,76,88)(H,77,87)(H,78,85)(H,79,90)(H,80,93)(H3,69,72,91)(H3,70,73,92)/t41-,42+,47-,48-,49-,50-,51-,52+,54-,55-,56+/m0/s1. The number of nitrogens with zero attached hydrogens (tertiary/aromatic N) is 3. The van der Waals surface area contributed by atoms with Crippen LogP contribution in [0, 0.1) is 17.8 Å². The predicted molar refractivity (Wildman–Crippen MR) is 367 cm³/mol. The lowest BCUT2D eigenvalue weighted by molar-refractivity contribution is -0.148. The molecule has 13 amide bonds. The van der Waals surface area contributed by atoms with Crippen molar-refractivity contribution in [1.82, 2.24) is 57.3 Å². The van der Waals surface area contributed by atoms with Crippen molar-refractivity contribution in [2.24, 2.45) is 35.0 Å². The maximum Gasteiger partial charge on any atom is 0.408 e. The molecule has 0 saturated carbocycles. The summed E-state index contributed by atoms with van der Waals surface area (Å²) in [7, 11) is 4.67. The number of likely N-dealkylation sites (N-methyl/N-ethyl adjacent to an activating group) is 1. The molecular formula is C67H105N15O14S. The molecule has 0 spiro atoms. The number of rotatable bonds is 41. The highest BCUT2D eigenvalue weighted by Crippen LogP contribution is 2.31. The van der Waals surface area contributed by atoms with E-state index in [-0.39, 0.29) is 87.7 Å². The van der Waals surface area contributed by atoms with Crippen molar-refractivity contribution >= 4 is 82.4 Å². The fourth-order valence-electron chi connectivity index (χ4n) is 11.7. The predicted octanol–water partition coefficient (Wildman–Crippen LogP) is 3.75. The number of urea groups is 2. The summed E-state index contributed by atoms with van der Waals surface area (Å²) < 4.78 is 17.7. The van der Waals surface area contributed by atoms with Gasteiger partial charge in [-0.15, -0.1) is 11.3 Å². The molecule has 3 aromatic rings. The minimum atomic E-state index is -1.61. The third-order valence-electron chi connectivity index (χ3n) is 17.2. The van der Waals surface area contributed by atoms with Gasteiger partial charge in [0.05, 0.1) is 42.7 Å². The van der Waals surface area contributed by atoms with Gasteiger partial charge < -0.3 is 89.1 Å². The molecule has 1 aliphatic heterocycles. The van der Waals surface area contributed by atoms with E-state index in [1.807, 2.05) is 49.6 Å². The molecule has 1 aliphatic rings. The molecule has 0 bridgehead atoms. The Kier molecular flexibility index (Phi) is 34.2. The number of hydrogen-bond acceptors (Lipinski definition) is 17. The van der Waals surface area contributed by atoms with Crippen LogP contribution in [-0.2, 0) is 65.6 Å². The molecule has 11 atom stereocenters. The molecule has 2 heterocycles. The van der Waals surface area contributed by atoms with Gasteiger partial charge in [-0.25, -0.2) is 19.4 Å². The number of aromatic nitrogens is 1. The molecule has 1 fully saturated rings. The normalized spacial score (nSPS) is 16.1. The zero-order valence-corrected chi connectivity index (χ0v) is 58.8. The Morgan fingerprint density at radius 1 is 0.742 bits per heavy atom. The van der Waals surface area contributed by atoms with Crippen molar-refractivity contribution in [3.8, 4) is 0 Å². The molecule has 30 heteroatoms. The fourth-order valence-corrected chi connectivity index (χ4v) is 12.3. The van der Waals surface area contributed by atoms with E-state index in [0.29, 0.717) is 57.2 Å². The molecule has 15 N–H and O–H groups in total. The quantitative estimate of drug-likeness (QED) is 0.0360. The summed E-state index contributed by atoms with van der Waals surface area (Å²) in [6.07, 6.45) is 3.39. The van der Waals surface area contributed by atoms with E-state index in [1.54, 1.807) is 58.2 Å². The van der Waals surface area contributed by atoms with E-state index in [2.05, 4.69) is 52.8 Å². The second-order valence-electron chi connectivity index (χ2n) is 25.4. The number of likely N-dealkylation sites (tertiary alicyclic amines) is 1. The number of hydrogen-bond donors (Lipinski definition) is 12. The van der Waals surface area contributed by atoms with Crippen molar-refractivity contribution in [3.05, 3.63) is 82.3 Å². The van der Waals surface area contributed by atoms with Crippen LogP contribution in [0.4, 0.5) is 20.1 Å². The highest BCUT2D eigenvalue weighted by Gasteiger charge is 2.44. The van der Waals surface area contributed by atoms with E-state index in [4.69, 9.17) is 31.4 Å². The van der Waals surface area contributed by atoms with Crippen LogP contribution in [0.3, 0.4) is 0 Å². The van der Waals surface area contributed by atoms with Gasteiger partial charge in [-0.05, 0) is 120 Å². The third-order valence-corrected chi connectivity index (χ3v) is 18.1. The summed E-state index contributed by atoms with van der Waals surface area (Å²) in [6, 6.07) is 8.49. The number of amides is 13. The lowest BCUT2D eigenvalue weighted by Gasteiger charge is -2.41. The zero-order chi connectivity index (χ0) is 71.9. The smallest absolute Gasteiger partial charge is 0.408 e. The van der Waals surface area contributed by atoms with Crippen LogP contribution in [0.2, 0.25) is 0 Å². The monoisotopic (exact) mass is 1380 g/mol. The number of thiazole rings is 1. The number of ether oxygens (including phenoxy) is 3. The number of primary amides is 2. The van der Waals surface area contributed by atoms with Gasteiger partial charge in [0.1, 0.15) is 41.3 Å². The van der Waals surface area contributed by atoms with Crippen molar-refractivity contribution in [1.29, 1.82) is 0 Å². The Hall–Kier alpha value is -8.48. The fraction of sp³-hybridized carbons (Fsp3) is 0.612. The van der Waals surface area contributed by atoms with Gasteiger partial charge in [-0.1, -0.05) is 83.5 Å². The highest BCUT2D eigenvalue weighted by molar-refractivity contribution is 7.09. The molecule has 1 saturated heterocycles. The molecule has 29 nitrogen and oxygen atoms in total. The molecule has 2 aromatic carbocycles. The maximum atomic E-state index is 14.7. The van der Waals surface area contributed by atoms with Crippen molar-refractivity contribution in [3.63, 3.8) is 0 Å². The third kappa shape index (κ3) is 26.5. The lowest BCUT2D eigenvalue weighted by Crippen LogP contribution is -2.62. The molecule has 0 radical (unpaired) electrons. The van der Waals surface area contributed by atoms with Crippen LogP contribution in [0.25, 0.3) is 0 Å². The number of carbonyl (C=O) groups excluding carboxylic acids is 11. The number of nitrogens with two attached hydrogens (primary N) is 3. The molecule has 538 valence electrons. The Bertz CT molecular complexity index is 3030.